The second kappa shape index (κ2) is 68.0. The first-order chi connectivity index (χ1) is 40.5. The minimum absolute atomic E-state index is 0.117. The second-order valence-corrected chi connectivity index (χ2v) is 20.9. The molecule has 0 N–H and O–H groups in total. The van der Waals surface area contributed by atoms with E-state index in [1.807, 2.05) is 0 Å². The van der Waals surface area contributed by atoms with Crippen LogP contribution in [-0.2, 0) is 28.6 Å². The Kier molecular flexibility index (Phi) is 63.5. The fourth-order valence-corrected chi connectivity index (χ4v) is 8.29. The lowest BCUT2D eigenvalue weighted by atomic mass is 10.1. The van der Waals surface area contributed by atoms with E-state index in [1.165, 1.54) is 51.4 Å². The van der Waals surface area contributed by atoms with Crippen LogP contribution in [0.25, 0.3) is 0 Å². The summed E-state index contributed by atoms with van der Waals surface area (Å²) in [6, 6.07) is 0. The van der Waals surface area contributed by atoms with E-state index in [9.17, 15) is 14.4 Å². The summed E-state index contributed by atoms with van der Waals surface area (Å²) in [5.41, 5.74) is 0. The van der Waals surface area contributed by atoms with E-state index in [0.29, 0.717) is 19.3 Å². The van der Waals surface area contributed by atoms with Crippen molar-refractivity contribution in [2.75, 3.05) is 13.2 Å². The fourth-order valence-electron chi connectivity index (χ4n) is 8.29. The van der Waals surface area contributed by atoms with Crippen LogP contribution in [0.3, 0.4) is 0 Å². The average Bonchev–Trinajstić information content (AvgIpc) is 3.47. The number of hydrogen-bond donors (Lipinski definition) is 0. The molecule has 0 aromatic rings. The van der Waals surface area contributed by atoms with Crippen LogP contribution in [0.2, 0.25) is 0 Å². The maximum Gasteiger partial charge on any atom is 0.306 e. The van der Waals surface area contributed by atoms with Crippen molar-refractivity contribution in [3.63, 3.8) is 0 Å². The Balaban J connectivity index is 4.46. The van der Waals surface area contributed by atoms with Crippen molar-refractivity contribution in [1.29, 1.82) is 0 Å². The number of rotatable bonds is 57. The van der Waals surface area contributed by atoms with Crippen molar-refractivity contribution in [2.45, 2.75) is 264 Å². The minimum atomic E-state index is -0.828. The van der Waals surface area contributed by atoms with Gasteiger partial charge >= 0.3 is 17.9 Å². The van der Waals surface area contributed by atoms with E-state index in [0.717, 1.165) is 161 Å². The summed E-state index contributed by atoms with van der Waals surface area (Å²) in [7, 11) is 0. The van der Waals surface area contributed by atoms with Crippen molar-refractivity contribution in [2.24, 2.45) is 0 Å². The smallest absolute Gasteiger partial charge is 0.306 e. The predicted octanol–water partition coefficient (Wildman–Crippen LogP) is 22.8. The Labute approximate surface area is 504 Å². The molecule has 0 spiro atoms. The van der Waals surface area contributed by atoms with Gasteiger partial charge < -0.3 is 14.2 Å². The van der Waals surface area contributed by atoms with E-state index < -0.39 is 6.10 Å². The summed E-state index contributed by atoms with van der Waals surface area (Å²) in [5.74, 6) is -1.00. The monoisotopic (exact) mass is 1130 g/mol. The van der Waals surface area contributed by atoms with Crippen molar-refractivity contribution in [1.82, 2.24) is 0 Å². The number of hydrogen-bond acceptors (Lipinski definition) is 6. The Morgan fingerprint density at radius 1 is 0.256 bits per heavy atom. The summed E-state index contributed by atoms with van der Waals surface area (Å²) in [6.07, 6.45) is 102. The molecule has 0 aliphatic carbocycles. The minimum Gasteiger partial charge on any atom is -0.462 e. The third-order valence-corrected chi connectivity index (χ3v) is 13.1. The van der Waals surface area contributed by atoms with Gasteiger partial charge in [-0.2, -0.15) is 0 Å². The third-order valence-electron chi connectivity index (χ3n) is 13.1. The lowest BCUT2D eigenvalue weighted by Crippen LogP contribution is -2.30. The van der Waals surface area contributed by atoms with Crippen LogP contribution < -0.4 is 0 Å². The second-order valence-electron chi connectivity index (χ2n) is 20.9. The molecular formula is C76H118O6. The van der Waals surface area contributed by atoms with Gasteiger partial charge in [0.25, 0.3) is 0 Å². The summed E-state index contributed by atoms with van der Waals surface area (Å²) >= 11 is 0. The zero-order valence-corrected chi connectivity index (χ0v) is 52.4. The van der Waals surface area contributed by atoms with Gasteiger partial charge in [0.1, 0.15) is 13.2 Å². The summed E-state index contributed by atoms with van der Waals surface area (Å²) in [5, 5.41) is 0. The highest BCUT2D eigenvalue weighted by Gasteiger charge is 2.19. The van der Waals surface area contributed by atoms with Crippen molar-refractivity contribution >= 4 is 17.9 Å². The van der Waals surface area contributed by atoms with Crippen LogP contribution in [0.15, 0.2) is 182 Å². The summed E-state index contributed by atoms with van der Waals surface area (Å²) in [4.78, 5) is 38.3. The highest BCUT2D eigenvalue weighted by molar-refractivity contribution is 5.71. The molecule has 0 fully saturated rings. The molecule has 6 heteroatoms. The average molecular weight is 1130 g/mol. The van der Waals surface area contributed by atoms with E-state index in [4.69, 9.17) is 14.2 Å². The lowest BCUT2D eigenvalue weighted by molar-refractivity contribution is -0.167. The normalized spacial score (nSPS) is 13.4. The van der Waals surface area contributed by atoms with Crippen molar-refractivity contribution in [3.8, 4) is 0 Å². The highest BCUT2D eigenvalue weighted by Crippen LogP contribution is 2.13. The van der Waals surface area contributed by atoms with Gasteiger partial charge in [-0.3, -0.25) is 14.4 Å². The SMILES string of the molecule is CC/C=C\C/C=C\C/C=C\C/C=C\C/C=C\C/C=C\C/C=C\CCCCCCCCCC(=O)OCC(COC(=O)CCCCCCC/C=C\CCCCC)OC(=O)CCC/C=C\C/C=C\C/C=C\C/C=C\C/C=C\C/C=C\C/C=C\CC. The van der Waals surface area contributed by atoms with Crippen LogP contribution in [0, 0.1) is 0 Å². The molecule has 0 amide bonds. The van der Waals surface area contributed by atoms with Crippen LogP contribution in [-0.4, -0.2) is 37.2 Å². The largest absolute Gasteiger partial charge is 0.462 e. The van der Waals surface area contributed by atoms with Crippen molar-refractivity contribution in [3.05, 3.63) is 182 Å². The summed E-state index contributed by atoms with van der Waals surface area (Å²) < 4.78 is 16.8. The summed E-state index contributed by atoms with van der Waals surface area (Å²) in [6.45, 7) is 6.31. The molecule has 0 aliphatic heterocycles. The van der Waals surface area contributed by atoms with Crippen molar-refractivity contribution < 1.29 is 28.6 Å². The fraction of sp³-hybridized carbons (Fsp3) is 0.566. The molecule has 0 saturated heterocycles. The highest BCUT2D eigenvalue weighted by atomic mass is 16.6. The first kappa shape index (κ1) is 76.5. The van der Waals surface area contributed by atoms with Gasteiger partial charge in [-0.15, -0.1) is 0 Å². The van der Waals surface area contributed by atoms with Crippen LogP contribution in [0.5, 0.6) is 0 Å². The lowest BCUT2D eigenvalue weighted by Gasteiger charge is -2.18. The molecule has 0 aromatic heterocycles. The molecule has 0 aliphatic rings. The molecule has 82 heavy (non-hydrogen) atoms. The number of carbonyl (C=O) groups excluding carboxylic acids is 3. The number of carbonyl (C=O) groups is 3. The maximum atomic E-state index is 12.9. The van der Waals surface area contributed by atoms with Gasteiger partial charge in [0.2, 0.25) is 0 Å². The zero-order chi connectivity index (χ0) is 59.2. The van der Waals surface area contributed by atoms with Gasteiger partial charge in [-0.05, 0) is 154 Å². The van der Waals surface area contributed by atoms with E-state index in [-0.39, 0.29) is 37.5 Å². The number of allylic oxidation sites excluding steroid dienone is 30. The molecule has 0 radical (unpaired) electrons. The van der Waals surface area contributed by atoms with Gasteiger partial charge in [0, 0.05) is 19.3 Å². The number of esters is 3. The molecule has 0 bridgehead atoms. The van der Waals surface area contributed by atoms with Crippen LogP contribution >= 0.6 is 0 Å². The Hall–Kier alpha value is -5.49. The molecule has 1 atom stereocenters. The molecule has 0 aromatic carbocycles. The topological polar surface area (TPSA) is 78.9 Å². The number of unbranched alkanes of at least 4 members (excludes halogenated alkanes) is 16. The number of ether oxygens (including phenoxy) is 3. The first-order valence-electron chi connectivity index (χ1n) is 32.8. The molecule has 0 heterocycles. The van der Waals surface area contributed by atoms with E-state index >= 15 is 0 Å². The zero-order valence-electron chi connectivity index (χ0n) is 52.4. The quantitative estimate of drug-likeness (QED) is 0.0261. The third kappa shape index (κ3) is 65.3. The molecule has 0 saturated carbocycles. The maximum absolute atomic E-state index is 12.9. The van der Waals surface area contributed by atoms with Crippen LogP contribution in [0.1, 0.15) is 258 Å². The van der Waals surface area contributed by atoms with Gasteiger partial charge in [0.05, 0.1) is 0 Å². The first-order valence-corrected chi connectivity index (χ1v) is 32.8. The molecule has 458 valence electrons. The standard InChI is InChI=1S/C76H118O6/c1-4-7-10-13-16-19-22-25-27-29-31-33-35-36-37-38-39-40-42-43-45-47-49-51-54-57-60-63-66-69-75(78)81-72-73(71-80-74(77)68-65-62-59-56-53-24-21-18-15-12-9-6-3)82-76(79)70-67-64-61-58-55-52-50-48-46-44-41-34-32-30-28-26-23-20-17-14-11-8-5-2/h7-8,10-11,16-21,25-28,31-34,36-37,39-40,43-46,50,52,58,61,73H,4-6,9,12-15,22-24,29-30,35,38,41-42,47-49,51,53-57,59-60,62-72H2,1-3H3/b10-7-,11-8-,19-16-,20-17-,21-18-,27-25-,28-26-,33-31-,34-32-,37-36-,40-39-,45-43-,46-44-,52-50-,61-58-. The van der Waals surface area contributed by atoms with Gasteiger partial charge in [-0.25, -0.2) is 0 Å². The van der Waals surface area contributed by atoms with Gasteiger partial charge in [-0.1, -0.05) is 267 Å². The van der Waals surface area contributed by atoms with Gasteiger partial charge in [0.15, 0.2) is 6.10 Å². The Bertz CT molecular complexity index is 1920. The molecule has 6 nitrogen and oxygen atoms in total. The molecule has 0 rings (SSSR count). The molecule has 1 unspecified atom stereocenters. The predicted molar refractivity (Wildman–Crippen MR) is 357 cm³/mol. The Morgan fingerprint density at radius 2 is 0.488 bits per heavy atom. The Morgan fingerprint density at radius 3 is 0.793 bits per heavy atom. The van der Waals surface area contributed by atoms with E-state index in [2.05, 4.69) is 203 Å². The van der Waals surface area contributed by atoms with E-state index in [1.54, 1.807) is 0 Å². The van der Waals surface area contributed by atoms with Crippen LogP contribution in [0.4, 0.5) is 0 Å². The molecular weight excluding hydrogens is 1010 g/mol.